The highest BCUT2D eigenvalue weighted by Crippen LogP contribution is 1.95. The monoisotopic (exact) mass is 219 g/mol. The number of carbonyl (C=O) groups excluding carboxylic acids is 1. The van der Waals surface area contributed by atoms with Gasteiger partial charge in [0.2, 0.25) is 0 Å². The van der Waals surface area contributed by atoms with Gasteiger partial charge in [0, 0.05) is 5.57 Å². The van der Waals surface area contributed by atoms with Crippen molar-refractivity contribution in [2.75, 3.05) is 6.61 Å². The lowest BCUT2D eigenvalue weighted by molar-refractivity contribution is -0.139. The number of rotatable bonds is 4. The largest absolute Gasteiger partial charge is 0.481 e. The van der Waals surface area contributed by atoms with E-state index in [1.807, 2.05) is 0 Å². The third-order valence-electron chi connectivity index (χ3n) is 0.954. The SMILES string of the molecule is C=C(CC(=O)O)C(=O)O.CCOC(N)=O. The van der Waals surface area contributed by atoms with E-state index >= 15 is 0 Å². The Morgan fingerprint density at radius 1 is 1.33 bits per heavy atom. The van der Waals surface area contributed by atoms with Gasteiger partial charge in [0.05, 0.1) is 13.0 Å². The van der Waals surface area contributed by atoms with Crippen LogP contribution in [0.1, 0.15) is 13.3 Å². The summed E-state index contributed by atoms with van der Waals surface area (Å²) in [7, 11) is 0. The summed E-state index contributed by atoms with van der Waals surface area (Å²) in [6.07, 6.45) is -1.22. The number of hydrogen-bond acceptors (Lipinski definition) is 4. The average molecular weight is 219 g/mol. The summed E-state index contributed by atoms with van der Waals surface area (Å²) in [6.45, 7) is 5.07. The summed E-state index contributed by atoms with van der Waals surface area (Å²) in [5.74, 6) is -2.44. The normalized spacial score (nSPS) is 8.07. The fourth-order valence-corrected chi connectivity index (χ4v) is 0.400. The molecule has 0 fully saturated rings. The summed E-state index contributed by atoms with van der Waals surface area (Å²) in [5.41, 5.74) is 4.24. The van der Waals surface area contributed by atoms with E-state index in [1.165, 1.54) is 0 Å². The summed E-state index contributed by atoms with van der Waals surface area (Å²) >= 11 is 0. The summed E-state index contributed by atoms with van der Waals surface area (Å²) in [4.78, 5) is 29.3. The zero-order valence-electron chi connectivity index (χ0n) is 8.23. The van der Waals surface area contributed by atoms with Crippen LogP contribution in [0.2, 0.25) is 0 Å². The maximum absolute atomic E-state index is 9.87. The van der Waals surface area contributed by atoms with Gasteiger partial charge in [0.15, 0.2) is 0 Å². The average Bonchev–Trinajstić information content (AvgIpc) is 2.03. The van der Waals surface area contributed by atoms with Crippen molar-refractivity contribution in [3.8, 4) is 0 Å². The molecule has 0 atom stereocenters. The van der Waals surface area contributed by atoms with E-state index in [-0.39, 0.29) is 5.57 Å². The molecule has 0 rings (SSSR count). The van der Waals surface area contributed by atoms with E-state index in [0.717, 1.165) is 0 Å². The molecule has 0 saturated heterocycles. The van der Waals surface area contributed by atoms with E-state index in [0.29, 0.717) is 6.61 Å². The summed E-state index contributed by atoms with van der Waals surface area (Å²) in [6, 6.07) is 0. The number of carboxylic acids is 2. The van der Waals surface area contributed by atoms with Gasteiger partial charge < -0.3 is 20.7 Å². The molecule has 0 aromatic carbocycles. The molecule has 0 bridgehead atoms. The first kappa shape index (κ1) is 15.4. The minimum atomic E-state index is -1.27. The Morgan fingerprint density at radius 2 is 1.80 bits per heavy atom. The van der Waals surface area contributed by atoms with Crippen molar-refractivity contribution in [2.45, 2.75) is 13.3 Å². The molecule has 0 aromatic rings. The zero-order valence-corrected chi connectivity index (χ0v) is 8.23. The second kappa shape index (κ2) is 8.54. The van der Waals surface area contributed by atoms with Gasteiger partial charge in [-0.15, -0.1) is 0 Å². The van der Waals surface area contributed by atoms with E-state index in [2.05, 4.69) is 17.0 Å². The Balaban J connectivity index is 0. The summed E-state index contributed by atoms with van der Waals surface area (Å²) in [5, 5.41) is 16.1. The van der Waals surface area contributed by atoms with Gasteiger partial charge >= 0.3 is 18.0 Å². The lowest BCUT2D eigenvalue weighted by atomic mass is 10.2. The first-order valence-corrected chi connectivity index (χ1v) is 3.86. The molecule has 4 N–H and O–H groups in total. The minimum absolute atomic E-state index is 0.303. The molecule has 0 aliphatic rings. The van der Waals surface area contributed by atoms with Crippen molar-refractivity contribution >= 4 is 18.0 Å². The smallest absolute Gasteiger partial charge is 0.404 e. The van der Waals surface area contributed by atoms with E-state index in [1.54, 1.807) is 6.92 Å². The zero-order chi connectivity index (χ0) is 12.4. The number of aliphatic carboxylic acids is 2. The molecule has 86 valence electrons. The lowest BCUT2D eigenvalue weighted by Gasteiger charge is -1.91. The quantitative estimate of drug-likeness (QED) is 0.579. The van der Waals surface area contributed by atoms with Gasteiger partial charge in [-0.05, 0) is 6.92 Å². The number of nitrogens with two attached hydrogens (primary N) is 1. The van der Waals surface area contributed by atoms with Crippen LogP contribution in [0, 0.1) is 0 Å². The van der Waals surface area contributed by atoms with Gasteiger partial charge in [-0.3, -0.25) is 4.79 Å². The highest BCUT2D eigenvalue weighted by atomic mass is 16.5. The van der Waals surface area contributed by atoms with Crippen LogP contribution in [0.4, 0.5) is 4.79 Å². The van der Waals surface area contributed by atoms with Gasteiger partial charge in [-0.25, -0.2) is 9.59 Å². The van der Waals surface area contributed by atoms with Gasteiger partial charge in [-0.1, -0.05) is 6.58 Å². The highest BCUT2D eigenvalue weighted by Gasteiger charge is 2.07. The lowest BCUT2D eigenvalue weighted by Crippen LogP contribution is -2.11. The Hall–Kier alpha value is -2.05. The van der Waals surface area contributed by atoms with Crippen LogP contribution in [0.3, 0.4) is 0 Å². The molecule has 0 aromatic heterocycles. The second-order valence-corrected chi connectivity index (χ2v) is 2.23. The molecule has 0 saturated carbocycles. The van der Waals surface area contributed by atoms with Crippen LogP contribution in [0.15, 0.2) is 12.2 Å². The molecule has 15 heavy (non-hydrogen) atoms. The number of carbonyl (C=O) groups is 3. The van der Waals surface area contributed by atoms with Crippen molar-refractivity contribution in [1.29, 1.82) is 0 Å². The third kappa shape index (κ3) is 14.8. The van der Waals surface area contributed by atoms with Crippen LogP contribution >= 0.6 is 0 Å². The van der Waals surface area contributed by atoms with Crippen LogP contribution in [-0.4, -0.2) is 34.9 Å². The molecule has 7 heteroatoms. The maximum atomic E-state index is 9.87. The predicted octanol–water partition coefficient (Wildman–Crippen LogP) is 0.204. The third-order valence-corrected chi connectivity index (χ3v) is 0.954. The van der Waals surface area contributed by atoms with Gasteiger partial charge in [0.1, 0.15) is 0 Å². The molecule has 0 radical (unpaired) electrons. The van der Waals surface area contributed by atoms with Crippen LogP contribution < -0.4 is 5.73 Å². The molecular formula is C8H13NO6. The minimum Gasteiger partial charge on any atom is -0.481 e. The van der Waals surface area contributed by atoms with Crippen molar-refractivity contribution in [3.63, 3.8) is 0 Å². The number of hydrogen-bond donors (Lipinski definition) is 3. The molecule has 0 aliphatic heterocycles. The molecule has 0 unspecified atom stereocenters. The van der Waals surface area contributed by atoms with Crippen molar-refractivity contribution < 1.29 is 29.3 Å². The Morgan fingerprint density at radius 3 is 1.87 bits per heavy atom. The standard InChI is InChI=1S/C5H6O4.C3H7NO2/c1-3(5(8)9)2-4(6)7;1-2-6-3(4)5/h1-2H2,(H,6,7)(H,8,9);2H2,1H3,(H2,4,5). The molecule has 0 aliphatic carbocycles. The number of amides is 1. The second-order valence-electron chi connectivity index (χ2n) is 2.23. The number of carboxylic acid groups (broad SMARTS) is 2. The fraction of sp³-hybridized carbons (Fsp3) is 0.375. The Bertz CT molecular complexity index is 260. The molecule has 0 spiro atoms. The van der Waals surface area contributed by atoms with Crippen molar-refractivity contribution in [2.24, 2.45) is 5.73 Å². The topological polar surface area (TPSA) is 127 Å². The van der Waals surface area contributed by atoms with Crippen molar-refractivity contribution in [1.82, 2.24) is 0 Å². The molecule has 7 nitrogen and oxygen atoms in total. The highest BCUT2D eigenvalue weighted by molar-refractivity contribution is 5.91. The van der Waals surface area contributed by atoms with E-state index in [9.17, 15) is 14.4 Å². The first-order valence-electron chi connectivity index (χ1n) is 3.86. The molecular weight excluding hydrogens is 206 g/mol. The van der Waals surface area contributed by atoms with Crippen molar-refractivity contribution in [3.05, 3.63) is 12.2 Å². The van der Waals surface area contributed by atoms with Gasteiger partial charge in [0.25, 0.3) is 0 Å². The van der Waals surface area contributed by atoms with Gasteiger partial charge in [-0.2, -0.15) is 0 Å². The molecule has 1 amide bonds. The first-order chi connectivity index (χ1) is 6.81. The Labute approximate surface area is 86.1 Å². The van der Waals surface area contributed by atoms with Crippen LogP contribution in [-0.2, 0) is 14.3 Å². The number of primary amides is 1. The fourth-order valence-electron chi connectivity index (χ4n) is 0.400. The molecule has 0 heterocycles. The maximum Gasteiger partial charge on any atom is 0.404 e. The van der Waals surface area contributed by atoms with E-state index < -0.39 is 24.5 Å². The number of ether oxygens (including phenoxy) is 1. The Kier molecular flexibility index (Phi) is 8.79. The van der Waals surface area contributed by atoms with Crippen LogP contribution in [0.5, 0.6) is 0 Å². The van der Waals surface area contributed by atoms with Crippen LogP contribution in [0.25, 0.3) is 0 Å². The summed E-state index contributed by atoms with van der Waals surface area (Å²) < 4.78 is 4.18. The predicted molar refractivity (Wildman–Crippen MR) is 50.2 cm³/mol. The van der Waals surface area contributed by atoms with E-state index in [4.69, 9.17) is 10.2 Å².